The monoisotopic (exact) mass is 339 g/mol. The highest BCUT2D eigenvalue weighted by molar-refractivity contribution is 5.40. The second-order valence-electron chi connectivity index (χ2n) is 7.32. The second-order valence-corrected chi connectivity index (χ2v) is 7.32. The summed E-state index contributed by atoms with van der Waals surface area (Å²) in [7, 11) is 0. The topological polar surface area (TPSA) is 69.5 Å². The van der Waals surface area contributed by atoms with Crippen molar-refractivity contribution in [1.82, 2.24) is 14.9 Å². The van der Waals surface area contributed by atoms with Crippen LogP contribution in [0.15, 0.2) is 24.4 Å². The smallest absolute Gasteiger partial charge is 0.157 e. The van der Waals surface area contributed by atoms with Crippen LogP contribution in [0.25, 0.3) is 0 Å². The van der Waals surface area contributed by atoms with Crippen molar-refractivity contribution >= 4 is 0 Å². The summed E-state index contributed by atoms with van der Waals surface area (Å²) in [6, 6.07) is 5.03. The summed E-state index contributed by atoms with van der Waals surface area (Å²) in [6.45, 7) is 2.54. The van der Waals surface area contributed by atoms with Gasteiger partial charge >= 0.3 is 0 Å². The van der Waals surface area contributed by atoms with Crippen molar-refractivity contribution in [1.29, 1.82) is 0 Å². The van der Waals surface area contributed by atoms with Crippen LogP contribution in [0.3, 0.4) is 0 Å². The van der Waals surface area contributed by atoms with Crippen LogP contribution in [-0.2, 0) is 19.5 Å². The number of hydrogen-bond acceptors (Lipinski definition) is 5. The highest BCUT2D eigenvalue weighted by Gasteiger charge is 2.22. The molecule has 1 saturated carbocycles. The molecule has 0 bridgehead atoms. The quantitative estimate of drug-likeness (QED) is 0.838. The van der Waals surface area contributed by atoms with Crippen molar-refractivity contribution in [3.05, 3.63) is 47.0 Å². The summed E-state index contributed by atoms with van der Waals surface area (Å²) in [5, 5.41) is 19.1. The Bertz CT molecular complexity index is 757. The van der Waals surface area contributed by atoms with Crippen LogP contribution in [0, 0.1) is 0 Å². The van der Waals surface area contributed by atoms with Gasteiger partial charge in [-0.2, -0.15) is 0 Å². The number of phenols is 2. The normalized spacial score (nSPS) is 18.9. The van der Waals surface area contributed by atoms with E-state index in [-0.39, 0.29) is 11.5 Å². The summed E-state index contributed by atoms with van der Waals surface area (Å²) in [5.74, 6) is 1.47. The Kier molecular flexibility index (Phi) is 4.57. The highest BCUT2D eigenvalue weighted by atomic mass is 16.3. The number of phenolic OH excluding ortho intramolecular Hbond substituents is 2. The van der Waals surface area contributed by atoms with Crippen LogP contribution in [0.4, 0.5) is 0 Å². The Balaban J connectivity index is 1.45. The van der Waals surface area contributed by atoms with E-state index < -0.39 is 0 Å². The third kappa shape index (κ3) is 3.61. The zero-order valence-corrected chi connectivity index (χ0v) is 14.5. The summed E-state index contributed by atoms with van der Waals surface area (Å²) in [5.41, 5.74) is 3.42. The van der Waals surface area contributed by atoms with Crippen LogP contribution < -0.4 is 0 Å². The Morgan fingerprint density at radius 3 is 2.72 bits per heavy atom. The predicted molar refractivity (Wildman–Crippen MR) is 95.4 cm³/mol. The zero-order chi connectivity index (χ0) is 17.2. The fourth-order valence-corrected chi connectivity index (χ4v) is 4.01. The second kappa shape index (κ2) is 7.00. The van der Waals surface area contributed by atoms with Gasteiger partial charge in [0.05, 0.1) is 0 Å². The van der Waals surface area contributed by atoms with Gasteiger partial charge in [-0.15, -0.1) is 0 Å². The first-order valence-electron chi connectivity index (χ1n) is 9.27. The molecule has 1 aliphatic heterocycles. The molecule has 2 N–H and O–H groups in total. The SMILES string of the molecule is Oc1ccc(CN2CCc3nc(C4CCCCC4)ncc3C2)cc1O. The molecule has 0 saturated heterocycles. The van der Waals surface area contributed by atoms with Gasteiger partial charge < -0.3 is 10.2 Å². The van der Waals surface area contributed by atoms with Crippen molar-refractivity contribution in [2.45, 2.75) is 57.5 Å². The lowest BCUT2D eigenvalue weighted by Gasteiger charge is -2.29. The van der Waals surface area contributed by atoms with Gasteiger partial charge in [0.25, 0.3) is 0 Å². The van der Waals surface area contributed by atoms with Crippen LogP contribution in [-0.4, -0.2) is 31.6 Å². The molecule has 1 aromatic carbocycles. The molecule has 5 nitrogen and oxygen atoms in total. The van der Waals surface area contributed by atoms with Crippen molar-refractivity contribution < 1.29 is 10.2 Å². The molecule has 4 rings (SSSR count). The molecule has 1 aliphatic carbocycles. The zero-order valence-electron chi connectivity index (χ0n) is 14.5. The lowest BCUT2D eigenvalue weighted by molar-refractivity contribution is 0.241. The Hall–Kier alpha value is -2.14. The first-order chi connectivity index (χ1) is 12.2. The molecule has 0 amide bonds. The molecular weight excluding hydrogens is 314 g/mol. The van der Waals surface area contributed by atoms with E-state index in [1.54, 1.807) is 12.1 Å². The van der Waals surface area contributed by atoms with Crippen molar-refractivity contribution in [3.63, 3.8) is 0 Å². The molecule has 0 spiro atoms. The first kappa shape index (κ1) is 16.3. The molecule has 25 heavy (non-hydrogen) atoms. The number of fused-ring (bicyclic) bond motifs is 1. The van der Waals surface area contributed by atoms with Gasteiger partial charge in [-0.1, -0.05) is 25.3 Å². The molecule has 1 fully saturated rings. The van der Waals surface area contributed by atoms with Gasteiger partial charge in [-0.3, -0.25) is 4.90 Å². The van der Waals surface area contributed by atoms with E-state index in [9.17, 15) is 10.2 Å². The predicted octanol–water partition coefficient (Wildman–Crippen LogP) is 3.49. The van der Waals surface area contributed by atoms with Crippen LogP contribution in [0.1, 0.15) is 60.7 Å². The van der Waals surface area contributed by atoms with Crippen LogP contribution in [0.5, 0.6) is 11.5 Å². The van der Waals surface area contributed by atoms with Crippen LogP contribution >= 0.6 is 0 Å². The number of nitrogens with zero attached hydrogens (tertiary/aromatic N) is 3. The minimum absolute atomic E-state index is 0.0598. The van der Waals surface area contributed by atoms with E-state index in [0.29, 0.717) is 5.92 Å². The number of aromatic hydroxyl groups is 2. The fourth-order valence-electron chi connectivity index (χ4n) is 4.01. The fraction of sp³-hybridized carbons (Fsp3) is 0.500. The summed E-state index contributed by atoms with van der Waals surface area (Å²) < 4.78 is 0. The van der Waals surface area contributed by atoms with Gasteiger partial charge in [0, 0.05) is 49.4 Å². The van der Waals surface area contributed by atoms with Crippen LogP contribution in [0.2, 0.25) is 0 Å². The minimum atomic E-state index is -0.0728. The molecule has 1 aromatic heterocycles. The molecule has 2 aliphatic rings. The molecule has 2 heterocycles. The Morgan fingerprint density at radius 2 is 1.92 bits per heavy atom. The standard InChI is InChI=1S/C20H25N3O2/c24-18-7-6-14(10-19(18)25)12-23-9-8-17-16(13-23)11-21-20(22-17)15-4-2-1-3-5-15/h6-7,10-11,15,24-25H,1-5,8-9,12-13H2. The number of benzene rings is 1. The Morgan fingerprint density at radius 1 is 1.08 bits per heavy atom. The third-order valence-electron chi connectivity index (χ3n) is 5.45. The van der Waals surface area contributed by atoms with Crippen molar-refractivity contribution in [2.24, 2.45) is 0 Å². The number of hydrogen-bond donors (Lipinski definition) is 2. The van der Waals surface area contributed by atoms with Crippen molar-refractivity contribution in [2.75, 3.05) is 6.54 Å². The molecule has 5 heteroatoms. The van der Waals surface area contributed by atoms with E-state index in [1.807, 2.05) is 12.3 Å². The number of aromatic nitrogens is 2. The van der Waals surface area contributed by atoms with Gasteiger partial charge in [-0.25, -0.2) is 9.97 Å². The highest BCUT2D eigenvalue weighted by Crippen LogP contribution is 2.31. The average molecular weight is 339 g/mol. The maximum Gasteiger partial charge on any atom is 0.157 e. The average Bonchev–Trinajstić information content (AvgIpc) is 2.65. The lowest BCUT2D eigenvalue weighted by atomic mass is 9.88. The molecular formula is C20H25N3O2. The summed E-state index contributed by atoms with van der Waals surface area (Å²) in [6.07, 6.45) is 9.39. The largest absolute Gasteiger partial charge is 0.504 e. The first-order valence-corrected chi connectivity index (χ1v) is 9.27. The summed E-state index contributed by atoms with van der Waals surface area (Å²) in [4.78, 5) is 11.9. The van der Waals surface area contributed by atoms with Gasteiger partial charge in [0.15, 0.2) is 11.5 Å². The van der Waals surface area contributed by atoms with E-state index in [2.05, 4.69) is 9.88 Å². The van der Waals surface area contributed by atoms with E-state index in [1.165, 1.54) is 43.4 Å². The van der Waals surface area contributed by atoms with Crippen molar-refractivity contribution in [3.8, 4) is 11.5 Å². The van der Waals surface area contributed by atoms with E-state index >= 15 is 0 Å². The van der Waals surface area contributed by atoms with Gasteiger partial charge in [-0.05, 0) is 30.5 Å². The molecule has 132 valence electrons. The molecule has 0 unspecified atom stereocenters. The van der Waals surface area contributed by atoms with E-state index in [4.69, 9.17) is 4.98 Å². The maximum atomic E-state index is 9.65. The Labute approximate surface area is 148 Å². The lowest BCUT2D eigenvalue weighted by Crippen LogP contribution is -2.31. The summed E-state index contributed by atoms with van der Waals surface area (Å²) >= 11 is 0. The maximum absolute atomic E-state index is 9.65. The van der Waals surface area contributed by atoms with Gasteiger partial charge in [0.1, 0.15) is 5.82 Å². The third-order valence-corrected chi connectivity index (χ3v) is 5.45. The molecule has 0 atom stereocenters. The van der Waals surface area contributed by atoms with E-state index in [0.717, 1.165) is 37.4 Å². The number of rotatable bonds is 3. The molecule has 0 radical (unpaired) electrons. The van der Waals surface area contributed by atoms with Gasteiger partial charge in [0.2, 0.25) is 0 Å². The minimum Gasteiger partial charge on any atom is -0.504 e. The molecule has 2 aromatic rings.